The van der Waals surface area contributed by atoms with Crippen LogP contribution in [0.1, 0.15) is 51.9 Å². The van der Waals surface area contributed by atoms with Crippen LogP contribution in [0.2, 0.25) is 0 Å². The minimum absolute atomic E-state index is 0.0363. The highest BCUT2D eigenvalue weighted by molar-refractivity contribution is 5.83. The summed E-state index contributed by atoms with van der Waals surface area (Å²) in [6.07, 6.45) is 8.90. The van der Waals surface area contributed by atoms with Crippen molar-refractivity contribution in [2.45, 2.75) is 51.9 Å². The lowest BCUT2D eigenvalue weighted by atomic mass is 9.58. The molecule has 4 nitrogen and oxygen atoms in total. The first kappa shape index (κ1) is 14.5. The molecule has 0 spiro atoms. The van der Waals surface area contributed by atoms with Crippen LogP contribution in [0.5, 0.6) is 0 Å². The summed E-state index contributed by atoms with van der Waals surface area (Å²) in [5.74, 6) is 2.97. The van der Waals surface area contributed by atoms with Crippen LogP contribution >= 0.6 is 0 Å². The molecule has 1 heterocycles. The third kappa shape index (κ3) is 2.35. The molecule has 1 aliphatic heterocycles. The van der Waals surface area contributed by atoms with Crippen molar-refractivity contribution in [2.24, 2.45) is 23.2 Å². The lowest BCUT2D eigenvalue weighted by Gasteiger charge is -2.49. The van der Waals surface area contributed by atoms with Gasteiger partial charge in [0.05, 0.1) is 5.41 Å². The largest absolute Gasteiger partial charge is 0.339 e. The van der Waals surface area contributed by atoms with E-state index in [0.717, 1.165) is 50.1 Å². The minimum Gasteiger partial charge on any atom is -0.339 e. The molecule has 2 amide bonds. The van der Waals surface area contributed by atoms with E-state index in [0.29, 0.717) is 19.0 Å². The fraction of sp³-hybridized carbons (Fsp3) is 0.889. The number of carbonyl (C=O) groups is 2. The fourth-order valence-electron chi connectivity index (χ4n) is 6.01. The average molecular weight is 304 g/mol. The van der Waals surface area contributed by atoms with Gasteiger partial charge in [0.2, 0.25) is 11.8 Å². The number of nitrogens with zero attached hydrogens (tertiary/aromatic N) is 2. The highest BCUT2D eigenvalue weighted by atomic mass is 16.2. The van der Waals surface area contributed by atoms with E-state index in [4.69, 9.17) is 0 Å². The van der Waals surface area contributed by atoms with Gasteiger partial charge < -0.3 is 9.80 Å². The summed E-state index contributed by atoms with van der Waals surface area (Å²) in [5, 5.41) is 0. The Morgan fingerprint density at radius 1 is 0.818 bits per heavy atom. The van der Waals surface area contributed by atoms with Crippen LogP contribution in [0.25, 0.3) is 0 Å². The number of amides is 2. The molecule has 0 radical (unpaired) electrons. The van der Waals surface area contributed by atoms with Gasteiger partial charge in [0.15, 0.2) is 0 Å². The van der Waals surface area contributed by atoms with Crippen LogP contribution < -0.4 is 0 Å². The monoisotopic (exact) mass is 304 g/mol. The highest BCUT2D eigenvalue weighted by Crippen LogP contribution is 2.58. The first-order valence-corrected chi connectivity index (χ1v) is 9.11. The molecule has 4 bridgehead atoms. The Morgan fingerprint density at radius 3 is 1.86 bits per heavy atom. The summed E-state index contributed by atoms with van der Waals surface area (Å²) in [6.45, 7) is 4.53. The second-order valence-electron chi connectivity index (χ2n) is 8.34. The quantitative estimate of drug-likeness (QED) is 0.746. The molecule has 4 heteroatoms. The average Bonchev–Trinajstić information content (AvgIpc) is 2.72. The van der Waals surface area contributed by atoms with Gasteiger partial charge in [-0.2, -0.15) is 0 Å². The van der Waals surface area contributed by atoms with Crippen LogP contribution in [0.4, 0.5) is 0 Å². The van der Waals surface area contributed by atoms with Crippen molar-refractivity contribution in [1.82, 2.24) is 9.80 Å². The number of hydrogen-bond donors (Lipinski definition) is 0. The van der Waals surface area contributed by atoms with Crippen molar-refractivity contribution in [1.29, 1.82) is 0 Å². The molecule has 5 rings (SSSR count). The van der Waals surface area contributed by atoms with E-state index in [1.165, 1.54) is 25.7 Å². The molecule has 0 unspecified atom stereocenters. The smallest absolute Gasteiger partial charge is 0.228 e. The van der Waals surface area contributed by atoms with Gasteiger partial charge in [-0.1, -0.05) is 12.8 Å². The second kappa shape index (κ2) is 5.24. The summed E-state index contributed by atoms with van der Waals surface area (Å²) < 4.78 is 0. The third-order valence-electron chi connectivity index (χ3n) is 6.82. The molecular formula is C18H28N2O2. The Morgan fingerprint density at radius 2 is 1.32 bits per heavy atom. The van der Waals surface area contributed by atoms with Gasteiger partial charge in [-0.05, 0) is 49.9 Å². The Hall–Kier alpha value is -1.06. The van der Waals surface area contributed by atoms with E-state index in [2.05, 4.69) is 4.90 Å². The molecule has 122 valence electrons. The van der Waals surface area contributed by atoms with Crippen molar-refractivity contribution in [3.05, 3.63) is 0 Å². The summed E-state index contributed by atoms with van der Waals surface area (Å²) in [6, 6.07) is 0. The molecule has 0 aromatic heterocycles. The van der Waals surface area contributed by atoms with E-state index >= 15 is 0 Å². The first-order valence-electron chi connectivity index (χ1n) is 9.11. The van der Waals surface area contributed by atoms with Gasteiger partial charge in [-0.25, -0.2) is 0 Å². The molecule has 0 aromatic carbocycles. The van der Waals surface area contributed by atoms with E-state index in [9.17, 15) is 9.59 Å². The van der Waals surface area contributed by atoms with Crippen molar-refractivity contribution in [3.63, 3.8) is 0 Å². The predicted molar refractivity (Wildman–Crippen MR) is 84.1 cm³/mol. The lowest BCUT2D eigenvalue weighted by molar-refractivity contribution is -0.153. The van der Waals surface area contributed by atoms with Crippen molar-refractivity contribution < 1.29 is 9.59 Å². The van der Waals surface area contributed by atoms with E-state index < -0.39 is 0 Å². The summed E-state index contributed by atoms with van der Waals surface area (Å²) in [5.41, 5.74) is -0.0363. The highest BCUT2D eigenvalue weighted by Gasteiger charge is 2.53. The molecule has 0 N–H and O–H groups in total. The maximum atomic E-state index is 13.3. The molecule has 5 fully saturated rings. The Balaban J connectivity index is 1.49. The lowest BCUT2D eigenvalue weighted by Crippen LogP contribution is -2.56. The second-order valence-corrected chi connectivity index (χ2v) is 8.34. The van der Waals surface area contributed by atoms with Crippen LogP contribution in [0.15, 0.2) is 0 Å². The zero-order valence-corrected chi connectivity index (χ0v) is 13.7. The Kier molecular flexibility index (Phi) is 3.46. The maximum absolute atomic E-state index is 13.3. The third-order valence-corrected chi connectivity index (χ3v) is 6.82. The SMILES string of the molecule is CC(=O)N1CCN(C(=O)C23CC4C[C@@H](CC[C@H](C4)C2)C3)CC1. The number of carbonyl (C=O) groups excluding carboxylic acids is 2. The molecule has 0 aromatic rings. The molecule has 4 saturated carbocycles. The zero-order valence-electron chi connectivity index (χ0n) is 13.7. The van der Waals surface area contributed by atoms with Crippen molar-refractivity contribution in [2.75, 3.05) is 26.2 Å². The van der Waals surface area contributed by atoms with Gasteiger partial charge >= 0.3 is 0 Å². The minimum atomic E-state index is -0.0363. The standard InChI is InChI=1S/C18H28N2O2/c1-13(21)19-4-6-20(7-5-19)17(22)18-10-14-2-3-15(11-18)9-16(8-14)12-18/h14-16H,2-12H2,1H3/t14-,15-,16?,18?/m1/s1. The van der Waals surface area contributed by atoms with Gasteiger partial charge in [0.1, 0.15) is 0 Å². The van der Waals surface area contributed by atoms with E-state index in [1.807, 2.05) is 4.90 Å². The topological polar surface area (TPSA) is 40.6 Å². The van der Waals surface area contributed by atoms with Crippen molar-refractivity contribution in [3.8, 4) is 0 Å². The van der Waals surface area contributed by atoms with Crippen LogP contribution in [-0.4, -0.2) is 47.8 Å². The Bertz CT molecular complexity index is 465. The predicted octanol–water partition coefficient (Wildman–Crippen LogP) is 2.28. The van der Waals surface area contributed by atoms with Crippen LogP contribution in [-0.2, 0) is 9.59 Å². The summed E-state index contributed by atoms with van der Waals surface area (Å²) in [7, 11) is 0. The maximum Gasteiger partial charge on any atom is 0.228 e. The zero-order chi connectivity index (χ0) is 15.3. The number of fused-ring (bicyclic) bond motifs is 1. The molecule has 2 atom stereocenters. The molecule has 1 saturated heterocycles. The van der Waals surface area contributed by atoms with Gasteiger partial charge in [0, 0.05) is 33.1 Å². The normalized spacial score (nSPS) is 40.7. The van der Waals surface area contributed by atoms with E-state index in [-0.39, 0.29) is 11.3 Å². The van der Waals surface area contributed by atoms with Gasteiger partial charge in [0.25, 0.3) is 0 Å². The summed E-state index contributed by atoms with van der Waals surface area (Å²) >= 11 is 0. The van der Waals surface area contributed by atoms with Gasteiger partial charge in [-0.3, -0.25) is 9.59 Å². The summed E-state index contributed by atoms with van der Waals surface area (Å²) in [4.78, 5) is 28.7. The molecule has 5 aliphatic rings. The Labute approximate surface area is 133 Å². The molecular weight excluding hydrogens is 276 g/mol. The van der Waals surface area contributed by atoms with Crippen LogP contribution in [0.3, 0.4) is 0 Å². The van der Waals surface area contributed by atoms with Crippen LogP contribution in [0, 0.1) is 23.2 Å². The molecule has 22 heavy (non-hydrogen) atoms. The van der Waals surface area contributed by atoms with Crippen molar-refractivity contribution >= 4 is 11.8 Å². The number of hydrogen-bond acceptors (Lipinski definition) is 2. The molecule has 4 aliphatic carbocycles. The first-order chi connectivity index (χ1) is 10.6. The fourth-order valence-corrected chi connectivity index (χ4v) is 6.01. The van der Waals surface area contributed by atoms with Gasteiger partial charge in [-0.15, -0.1) is 0 Å². The number of piperazine rings is 1. The number of rotatable bonds is 1. The van der Waals surface area contributed by atoms with E-state index in [1.54, 1.807) is 6.92 Å².